The Balaban J connectivity index is 1.35. The number of hydrogen-bond donors (Lipinski definition) is 2. The van der Waals surface area contributed by atoms with Gasteiger partial charge in [-0.15, -0.1) is 0 Å². The smallest absolute Gasteiger partial charge is 0.401 e. The zero-order valence-corrected chi connectivity index (χ0v) is 15.2. The largest absolute Gasteiger partial charge is 0.454 e. The Morgan fingerprint density at radius 1 is 1.07 bits per heavy atom. The second-order valence-corrected chi connectivity index (χ2v) is 6.92. The van der Waals surface area contributed by atoms with Gasteiger partial charge < -0.3 is 20.1 Å². The quantitative estimate of drug-likeness (QED) is 0.730. The number of nitrogens with one attached hydrogen (secondary N) is 2. The number of carbonyl (C=O) groups is 2. The maximum absolute atomic E-state index is 12.4. The minimum Gasteiger partial charge on any atom is -0.454 e. The molecule has 10 heteroatoms. The molecule has 2 aliphatic heterocycles. The third-order valence-corrected chi connectivity index (χ3v) is 4.76. The Bertz CT molecular complexity index is 719. The van der Waals surface area contributed by atoms with Gasteiger partial charge in [0.1, 0.15) is 0 Å². The van der Waals surface area contributed by atoms with Crippen molar-refractivity contribution < 1.29 is 32.2 Å². The van der Waals surface area contributed by atoms with Gasteiger partial charge in [-0.3, -0.25) is 14.5 Å². The highest BCUT2D eigenvalue weighted by molar-refractivity contribution is 6.35. The van der Waals surface area contributed by atoms with Crippen LogP contribution in [0.2, 0.25) is 0 Å². The number of hydrogen-bond acceptors (Lipinski definition) is 5. The van der Waals surface area contributed by atoms with Gasteiger partial charge in [-0.25, -0.2) is 0 Å². The van der Waals surface area contributed by atoms with E-state index in [0.717, 1.165) is 5.56 Å². The summed E-state index contributed by atoms with van der Waals surface area (Å²) in [5.41, 5.74) is 0.766. The van der Waals surface area contributed by atoms with Crippen molar-refractivity contribution in [2.75, 3.05) is 33.0 Å². The fourth-order valence-electron chi connectivity index (χ4n) is 3.23. The van der Waals surface area contributed by atoms with Gasteiger partial charge >= 0.3 is 18.0 Å². The molecule has 7 nitrogen and oxygen atoms in total. The molecule has 0 bridgehead atoms. The minimum absolute atomic E-state index is 0.0649. The molecule has 2 heterocycles. The minimum atomic E-state index is -4.20. The Labute approximate surface area is 160 Å². The number of halogens is 3. The molecule has 2 N–H and O–H groups in total. The lowest BCUT2D eigenvalue weighted by Crippen LogP contribution is -2.45. The van der Waals surface area contributed by atoms with Crippen molar-refractivity contribution >= 4 is 11.8 Å². The van der Waals surface area contributed by atoms with E-state index in [2.05, 4.69) is 10.6 Å². The van der Waals surface area contributed by atoms with Gasteiger partial charge in [0.2, 0.25) is 6.79 Å². The van der Waals surface area contributed by atoms with E-state index in [9.17, 15) is 22.8 Å². The van der Waals surface area contributed by atoms with E-state index >= 15 is 0 Å². The van der Waals surface area contributed by atoms with Crippen LogP contribution in [0.25, 0.3) is 0 Å². The number of alkyl halides is 3. The molecular weight excluding hydrogens is 379 g/mol. The molecule has 2 amide bonds. The Hall–Kier alpha value is -2.49. The molecule has 1 fully saturated rings. The van der Waals surface area contributed by atoms with Crippen LogP contribution in [0.4, 0.5) is 13.2 Å². The molecule has 0 aromatic heterocycles. The highest BCUT2D eigenvalue weighted by atomic mass is 19.4. The molecule has 1 aromatic rings. The van der Waals surface area contributed by atoms with E-state index in [-0.39, 0.29) is 25.8 Å². The Morgan fingerprint density at radius 3 is 2.46 bits per heavy atom. The molecular formula is C18H22F3N3O4. The number of piperidine rings is 1. The molecule has 0 saturated carbocycles. The predicted molar refractivity (Wildman–Crippen MR) is 92.6 cm³/mol. The molecule has 0 spiro atoms. The predicted octanol–water partition coefficient (Wildman–Crippen LogP) is 1.42. The van der Waals surface area contributed by atoms with Crippen molar-refractivity contribution in [1.82, 2.24) is 15.5 Å². The summed E-state index contributed by atoms with van der Waals surface area (Å²) in [6, 6.07) is 5.23. The van der Waals surface area contributed by atoms with E-state index in [1.807, 2.05) is 0 Å². The van der Waals surface area contributed by atoms with Gasteiger partial charge in [0.25, 0.3) is 0 Å². The van der Waals surface area contributed by atoms with Crippen LogP contribution in [0.1, 0.15) is 18.4 Å². The molecule has 0 aliphatic carbocycles. The fourth-order valence-corrected chi connectivity index (χ4v) is 3.23. The summed E-state index contributed by atoms with van der Waals surface area (Å²) in [6.45, 7) is 0.346. The van der Waals surface area contributed by atoms with Gasteiger partial charge in [-0.05, 0) is 49.5 Å². The third kappa shape index (κ3) is 5.75. The average Bonchev–Trinajstić information content (AvgIpc) is 3.12. The van der Waals surface area contributed by atoms with Crippen LogP contribution in [0.5, 0.6) is 11.5 Å². The molecule has 0 atom stereocenters. The summed E-state index contributed by atoms with van der Waals surface area (Å²) >= 11 is 0. The lowest BCUT2D eigenvalue weighted by molar-refractivity contribution is -0.148. The van der Waals surface area contributed by atoms with Gasteiger partial charge in [0, 0.05) is 13.1 Å². The first kappa shape index (κ1) is 20.2. The maximum Gasteiger partial charge on any atom is 0.401 e. The number of carbonyl (C=O) groups excluding carboxylic acids is 2. The number of ether oxygens (including phenoxy) is 2. The van der Waals surface area contributed by atoms with Crippen molar-refractivity contribution in [3.63, 3.8) is 0 Å². The summed E-state index contributed by atoms with van der Waals surface area (Å²) in [6.07, 6.45) is -3.10. The standard InChI is InChI=1S/C18H22F3N3O4/c19-18(20,21)10-24-5-3-12(4-6-24)8-22-16(25)17(26)23-9-13-1-2-14-15(7-13)28-11-27-14/h1-2,7,12H,3-6,8-11H2,(H,22,25)(H,23,26). The first-order valence-corrected chi connectivity index (χ1v) is 9.04. The van der Waals surface area contributed by atoms with Gasteiger partial charge in [0.15, 0.2) is 11.5 Å². The second kappa shape index (κ2) is 8.68. The van der Waals surface area contributed by atoms with Gasteiger partial charge in [-0.1, -0.05) is 6.07 Å². The lowest BCUT2D eigenvalue weighted by Gasteiger charge is -2.32. The zero-order valence-electron chi connectivity index (χ0n) is 15.2. The zero-order chi connectivity index (χ0) is 20.1. The first-order chi connectivity index (χ1) is 13.3. The number of nitrogens with zero attached hydrogens (tertiary/aromatic N) is 1. The molecule has 1 saturated heterocycles. The van der Waals surface area contributed by atoms with Crippen molar-refractivity contribution in [1.29, 1.82) is 0 Å². The molecule has 154 valence electrons. The highest BCUT2D eigenvalue weighted by Gasteiger charge is 2.32. The molecule has 1 aromatic carbocycles. The molecule has 0 unspecified atom stereocenters. The Morgan fingerprint density at radius 2 is 1.75 bits per heavy atom. The van der Waals surface area contributed by atoms with Crippen LogP contribution >= 0.6 is 0 Å². The van der Waals surface area contributed by atoms with Crippen LogP contribution in [-0.2, 0) is 16.1 Å². The molecule has 0 radical (unpaired) electrons. The van der Waals surface area contributed by atoms with Crippen LogP contribution in [0.15, 0.2) is 18.2 Å². The third-order valence-electron chi connectivity index (χ3n) is 4.76. The van der Waals surface area contributed by atoms with Crippen LogP contribution < -0.4 is 20.1 Å². The summed E-state index contributed by atoms with van der Waals surface area (Å²) < 4.78 is 47.6. The van der Waals surface area contributed by atoms with E-state index in [1.54, 1.807) is 18.2 Å². The van der Waals surface area contributed by atoms with Crippen LogP contribution in [0.3, 0.4) is 0 Å². The van der Waals surface area contributed by atoms with Crippen LogP contribution in [0, 0.1) is 5.92 Å². The van der Waals surface area contributed by atoms with E-state index in [1.165, 1.54) is 4.90 Å². The van der Waals surface area contributed by atoms with Gasteiger partial charge in [0.05, 0.1) is 6.54 Å². The summed E-state index contributed by atoms with van der Waals surface area (Å²) in [4.78, 5) is 25.2. The number of fused-ring (bicyclic) bond motifs is 1. The number of rotatable bonds is 5. The Kier molecular flexibility index (Phi) is 6.28. The monoisotopic (exact) mass is 401 g/mol. The number of benzene rings is 1. The van der Waals surface area contributed by atoms with Gasteiger partial charge in [-0.2, -0.15) is 13.2 Å². The summed E-state index contributed by atoms with van der Waals surface area (Å²) in [5.74, 6) is -0.220. The molecule has 28 heavy (non-hydrogen) atoms. The molecule has 2 aliphatic rings. The normalized spacial score (nSPS) is 17.4. The van der Waals surface area contributed by atoms with Crippen molar-refractivity contribution in [2.24, 2.45) is 5.92 Å². The number of amides is 2. The first-order valence-electron chi connectivity index (χ1n) is 9.04. The molecule has 3 rings (SSSR count). The summed E-state index contributed by atoms with van der Waals surface area (Å²) in [5, 5.41) is 5.09. The fraction of sp³-hybridized carbons (Fsp3) is 0.556. The SMILES string of the molecule is O=C(NCc1ccc2c(c1)OCO2)C(=O)NCC1CCN(CC(F)(F)F)CC1. The van der Waals surface area contributed by atoms with Crippen molar-refractivity contribution in [3.8, 4) is 11.5 Å². The van der Waals surface area contributed by atoms with E-state index in [4.69, 9.17) is 9.47 Å². The lowest BCUT2D eigenvalue weighted by atomic mass is 9.97. The number of likely N-dealkylation sites (tertiary alicyclic amines) is 1. The topological polar surface area (TPSA) is 79.9 Å². The highest BCUT2D eigenvalue weighted by Crippen LogP contribution is 2.32. The van der Waals surface area contributed by atoms with E-state index in [0.29, 0.717) is 37.4 Å². The van der Waals surface area contributed by atoms with Crippen LogP contribution in [-0.4, -0.2) is 55.9 Å². The van der Waals surface area contributed by atoms with Crippen molar-refractivity contribution in [3.05, 3.63) is 23.8 Å². The maximum atomic E-state index is 12.4. The average molecular weight is 401 g/mol. The second-order valence-electron chi connectivity index (χ2n) is 6.92. The summed E-state index contributed by atoms with van der Waals surface area (Å²) in [7, 11) is 0. The van der Waals surface area contributed by atoms with Crippen molar-refractivity contribution in [2.45, 2.75) is 25.6 Å². The van der Waals surface area contributed by atoms with E-state index < -0.39 is 24.5 Å².